The monoisotopic (exact) mass is 591 g/mol. The number of H-pyrrole nitrogens is 1. The highest BCUT2D eigenvalue weighted by Crippen LogP contribution is 2.33. The van der Waals surface area contributed by atoms with Crippen molar-refractivity contribution in [3.05, 3.63) is 87.7 Å². The summed E-state index contributed by atoms with van der Waals surface area (Å²) in [6.07, 6.45) is -3.91. The van der Waals surface area contributed by atoms with Gasteiger partial charge in [0.2, 0.25) is 5.91 Å². The van der Waals surface area contributed by atoms with Gasteiger partial charge in [-0.15, -0.1) is 12.4 Å². The molecule has 1 saturated heterocycles. The minimum atomic E-state index is -4.73. The van der Waals surface area contributed by atoms with Gasteiger partial charge in [0.25, 0.3) is 11.8 Å². The van der Waals surface area contributed by atoms with Crippen LogP contribution in [0.15, 0.2) is 54.6 Å². The zero-order valence-electron chi connectivity index (χ0n) is 20.8. The van der Waals surface area contributed by atoms with Crippen LogP contribution < -0.4 is 16.0 Å². The Kier molecular flexibility index (Phi) is 8.08. The van der Waals surface area contributed by atoms with E-state index in [4.69, 9.17) is 11.6 Å². The average molecular weight is 592 g/mol. The molecule has 3 amide bonds. The summed E-state index contributed by atoms with van der Waals surface area (Å²) >= 11 is 6.18. The van der Waals surface area contributed by atoms with Crippen LogP contribution in [0.4, 0.5) is 24.5 Å². The fraction of sp³-hybridized carbons (Fsp3) is 0.185. The van der Waals surface area contributed by atoms with Crippen molar-refractivity contribution in [1.29, 1.82) is 0 Å². The maximum atomic E-state index is 13.5. The molecule has 0 saturated carbocycles. The van der Waals surface area contributed by atoms with Crippen molar-refractivity contribution >= 4 is 64.1 Å². The Morgan fingerprint density at radius 1 is 1.02 bits per heavy atom. The first kappa shape index (κ1) is 28.9. The summed E-state index contributed by atoms with van der Waals surface area (Å²) in [6.45, 7) is 1.73. The third-order valence-corrected chi connectivity index (χ3v) is 6.84. The number of nitrogens with one attached hydrogen (secondary N) is 4. The number of hydrogen-bond donors (Lipinski definition) is 4. The molecule has 0 spiro atoms. The van der Waals surface area contributed by atoms with Gasteiger partial charge in [0.1, 0.15) is 11.3 Å². The van der Waals surface area contributed by atoms with Crippen LogP contribution in [0.1, 0.15) is 56.6 Å². The maximum Gasteiger partial charge on any atom is 0.417 e. The zero-order chi connectivity index (χ0) is 27.9. The predicted octanol–water partition coefficient (Wildman–Crippen LogP) is 6.42. The Morgan fingerprint density at radius 2 is 1.75 bits per heavy atom. The Labute approximate surface area is 237 Å². The molecular weight excluding hydrogens is 570 g/mol. The van der Waals surface area contributed by atoms with Crippen molar-refractivity contribution in [3.63, 3.8) is 0 Å². The van der Waals surface area contributed by atoms with Gasteiger partial charge in [-0.25, -0.2) is 4.98 Å². The summed E-state index contributed by atoms with van der Waals surface area (Å²) in [5.74, 6) is -1.30. The lowest BCUT2D eigenvalue weighted by Crippen LogP contribution is -2.19. The number of halogens is 5. The van der Waals surface area contributed by atoms with Crippen LogP contribution in [0.25, 0.3) is 11.0 Å². The summed E-state index contributed by atoms with van der Waals surface area (Å²) in [7, 11) is 0. The Hall–Kier alpha value is -4.09. The summed E-state index contributed by atoms with van der Waals surface area (Å²) in [5.41, 5.74) is 0.170. The number of fused-ring (bicyclic) bond motifs is 1. The van der Waals surface area contributed by atoms with Gasteiger partial charge in [-0.2, -0.15) is 13.2 Å². The smallest absolute Gasteiger partial charge is 0.346 e. The van der Waals surface area contributed by atoms with Crippen LogP contribution in [0.5, 0.6) is 0 Å². The molecule has 1 aromatic heterocycles. The van der Waals surface area contributed by atoms with Gasteiger partial charge in [-0.05, 0) is 55.3 Å². The van der Waals surface area contributed by atoms with Crippen LogP contribution in [0, 0.1) is 6.92 Å². The van der Waals surface area contributed by atoms with E-state index in [1.165, 1.54) is 24.3 Å². The fourth-order valence-corrected chi connectivity index (χ4v) is 4.60. The molecule has 1 aliphatic heterocycles. The number of amides is 3. The quantitative estimate of drug-likeness (QED) is 0.214. The zero-order valence-corrected chi connectivity index (χ0v) is 22.4. The summed E-state index contributed by atoms with van der Waals surface area (Å²) < 4.78 is 40.5. The average Bonchev–Trinajstić information content (AvgIpc) is 3.52. The van der Waals surface area contributed by atoms with Crippen molar-refractivity contribution in [1.82, 2.24) is 15.3 Å². The van der Waals surface area contributed by atoms with E-state index < -0.39 is 35.2 Å². The van der Waals surface area contributed by atoms with Gasteiger partial charge in [0.15, 0.2) is 0 Å². The predicted molar refractivity (Wildman–Crippen MR) is 147 cm³/mol. The lowest BCUT2D eigenvalue weighted by Gasteiger charge is -2.14. The molecule has 2 heterocycles. The van der Waals surface area contributed by atoms with E-state index in [2.05, 4.69) is 25.9 Å². The first-order chi connectivity index (χ1) is 18.5. The molecule has 4 aromatic rings. The number of benzene rings is 3. The standard InChI is InChI=1S/C27H21ClF3N5O3.ClH/c1-13-18(28)7-4-8-19(13)35-26(39)16-11-14(32-25(38)15-5-2-3-6-17(15)27(29,30)31)12-21-23(16)36-24(34-21)20-9-10-22(37)33-20;/h2-8,11-12,20H,9-10H2,1H3,(H,32,38)(H,33,37)(H,34,36)(H,35,39);1H/t20-;/m1./s1. The van der Waals surface area contributed by atoms with E-state index in [1.54, 1.807) is 25.1 Å². The number of nitrogens with zero attached hydrogens (tertiary/aromatic N) is 1. The van der Waals surface area contributed by atoms with Crippen molar-refractivity contribution in [3.8, 4) is 0 Å². The van der Waals surface area contributed by atoms with Gasteiger partial charge in [0, 0.05) is 22.8 Å². The second kappa shape index (κ2) is 11.2. The Bertz CT molecular complexity index is 1640. The van der Waals surface area contributed by atoms with Gasteiger partial charge < -0.3 is 20.9 Å². The minimum absolute atomic E-state index is 0. The molecule has 4 N–H and O–H groups in total. The molecule has 0 unspecified atom stereocenters. The number of rotatable bonds is 5. The third kappa shape index (κ3) is 5.75. The minimum Gasteiger partial charge on any atom is -0.346 e. The fourth-order valence-electron chi connectivity index (χ4n) is 4.43. The highest BCUT2D eigenvalue weighted by molar-refractivity contribution is 6.31. The molecule has 13 heteroatoms. The molecule has 40 heavy (non-hydrogen) atoms. The number of alkyl halides is 3. The molecule has 0 radical (unpaired) electrons. The number of carbonyl (C=O) groups is 3. The number of carbonyl (C=O) groups excluding carboxylic acids is 3. The van der Waals surface area contributed by atoms with Crippen LogP contribution in [0.2, 0.25) is 5.02 Å². The molecule has 0 bridgehead atoms. The Morgan fingerprint density at radius 3 is 2.45 bits per heavy atom. The molecular formula is C27H22Cl2F3N5O3. The van der Waals surface area contributed by atoms with Crippen molar-refractivity contribution in [2.75, 3.05) is 10.6 Å². The van der Waals surface area contributed by atoms with Crippen molar-refractivity contribution in [2.24, 2.45) is 0 Å². The summed E-state index contributed by atoms with van der Waals surface area (Å²) in [6, 6.07) is 11.8. The van der Waals surface area contributed by atoms with E-state index in [1.807, 2.05) is 0 Å². The van der Waals surface area contributed by atoms with Crippen LogP contribution in [-0.4, -0.2) is 27.7 Å². The molecule has 1 atom stereocenters. The van der Waals surface area contributed by atoms with Gasteiger partial charge in [0.05, 0.1) is 28.2 Å². The van der Waals surface area contributed by atoms with Crippen molar-refractivity contribution < 1.29 is 27.6 Å². The van der Waals surface area contributed by atoms with Gasteiger partial charge in [-0.1, -0.05) is 29.8 Å². The topological polar surface area (TPSA) is 116 Å². The number of aromatic amines is 1. The highest BCUT2D eigenvalue weighted by Gasteiger charge is 2.35. The van der Waals surface area contributed by atoms with Gasteiger partial charge >= 0.3 is 6.18 Å². The lowest BCUT2D eigenvalue weighted by molar-refractivity contribution is -0.137. The maximum absolute atomic E-state index is 13.5. The second-order valence-electron chi connectivity index (χ2n) is 9.06. The summed E-state index contributed by atoms with van der Waals surface area (Å²) in [4.78, 5) is 45.7. The molecule has 8 nitrogen and oxygen atoms in total. The molecule has 1 fully saturated rings. The number of aromatic nitrogens is 2. The van der Waals surface area contributed by atoms with Crippen LogP contribution >= 0.6 is 24.0 Å². The lowest BCUT2D eigenvalue weighted by atomic mass is 10.1. The number of anilines is 2. The van der Waals surface area contributed by atoms with Crippen LogP contribution in [0.3, 0.4) is 0 Å². The van der Waals surface area contributed by atoms with Crippen molar-refractivity contribution in [2.45, 2.75) is 32.0 Å². The highest BCUT2D eigenvalue weighted by atomic mass is 35.5. The SMILES string of the molecule is Cc1c(Cl)cccc1NC(=O)c1cc(NC(=O)c2ccccc2C(F)(F)F)cc2[nH]c([C@H]3CCC(=O)N3)nc12.Cl. The molecule has 3 aromatic carbocycles. The third-order valence-electron chi connectivity index (χ3n) is 6.43. The molecule has 1 aliphatic rings. The second-order valence-corrected chi connectivity index (χ2v) is 9.47. The van der Waals surface area contributed by atoms with Crippen LogP contribution in [-0.2, 0) is 11.0 Å². The van der Waals surface area contributed by atoms with E-state index in [0.29, 0.717) is 40.5 Å². The molecule has 5 rings (SSSR count). The Balaban J connectivity index is 0.00000370. The molecule has 208 valence electrons. The normalized spacial score (nSPS) is 14.9. The van der Waals surface area contributed by atoms with E-state index in [0.717, 1.165) is 12.1 Å². The number of hydrogen-bond acceptors (Lipinski definition) is 4. The first-order valence-corrected chi connectivity index (χ1v) is 12.3. The van der Waals surface area contributed by atoms with E-state index in [-0.39, 0.29) is 35.1 Å². The first-order valence-electron chi connectivity index (χ1n) is 11.9. The summed E-state index contributed by atoms with van der Waals surface area (Å²) in [5, 5.41) is 8.49. The van der Waals surface area contributed by atoms with E-state index in [9.17, 15) is 27.6 Å². The van der Waals surface area contributed by atoms with Gasteiger partial charge in [-0.3, -0.25) is 14.4 Å². The number of imidazole rings is 1. The molecule has 0 aliphatic carbocycles. The largest absolute Gasteiger partial charge is 0.417 e. The van der Waals surface area contributed by atoms with E-state index >= 15 is 0 Å².